The minimum absolute atomic E-state index is 0.0391. The Bertz CT molecular complexity index is 744. The third-order valence-electron chi connectivity index (χ3n) is 3.67. The predicted molar refractivity (Wildman–Crippen MR) is 81.7 cm³/mol. The third kappa shape index (κ3) is 2.42. The van der Waals surface area contributed by atoms with Crippen LogP contribution in [0.1, 0.15) is 34.0 Å². The first-order valence-electron chi connectivity index (χ1n) is 6.88. The highest BCUT2D eigenvalue weighted by molar-refractivity contribution is 5.92. The highest BCUT2D eigenvalue weighted by Gasteiger charge is 2.21. The van der Waals surface area contributed by atoms with Gasteiger partial charge in [0.1, 0.15) is 11.9 Å². The van der Waals surface area contributed by atoms with Gasteiger partial charge in [0.15, 0.2) is 0 Å². The number of carboxylic acid groups (broad SMARTS) is 1. The summed E-state index contributed by atoms with van der Waals surface area (Å²) in [5.74, 6) is -0.200. The fraction of sp³-hybridized carbons (Fsp3) is 0.167. The lowest BCUT2D eigenvalue weighted by atomic mass is 9.90. The highest BCUT2D eigenvalue weighted by atomic mass is 16.5. The van der Waals surface area contributed by atoms with E-state index >= 15 is 0 Å². The van der Waals surface area contributed by atoms with Crippen molar-refractivity contribution >= 4 is 11.5 Å². The lowest BCUT2D eigenvalue weighted by molar-refractivity contribution is 0.0697. The van der Waals surface area contributed by atoms with E-state index in [2.05, 4.69) is 19.1 Å². The number of carbonyl (C=O) groups is 1. The number of rotatable bonds is 2. The first-order chi connectivity index (χ1) is 10.1. The first-order valence-corrected chi connectivity index (χ1v) is 6.88. The van der Waals surface area contributed by atoms with E-state index in [9.17, 15) is 9.90 Å². The van der Waals surface area contributed by atoms with Crippen molar-refractivity contribution in [1.29, 1.82) is 0 Å². The molecule has 1 aliphatic rings. The Morgan fingerprint density at radius 2 is 1.90 bits per heavy atom. The zero-order valence-corrected chi connectivity index (χ0v) is 12.0. The summed E-state index contributed by atoms with van der Waals surface area (Å²) in [6.07, 6.45) is 2.00. The van der Waals surface area contributed by atoms with E-state index in [1.165, 1.54) is 0 Å². The molecule has 0 spiro atoms. The molecule has 3 nitrogen and oxygen atoms in total. The number of ether oxygens (including phenoxy) is 1. The van der Waals surface area contributed by atoms with Crippen molar-refractivity contribution in [3.05, 3.63) is 70.8 Å². The maximum atomic E-state index is 11.2. The SMILES string of the molecule is Cc1ccccc1C1=CC(C)Oc2ccc(C(=O)O)cc21. The first kappa shape index (κ1) is 13.4. The van der Waals surface area contributed by atoms with Gasteiger partial charge < -0.3 is 9.84 Å². The number of fused-ring (bicyclic) bond motifs is 1. The highest BCUT2D eigenvalue weighted by Crippen LogP contribution is 2.37. The molecule has 1 aliphatic heterocycles. The van der Waals surface area contributed by atoms with Crippen molar-refractivity contribution in [3.8, 4) is 5.75 Å². The zero-order valence-electron chi connectivity index (χ0n) is 12.0. The Kier molecular flexibility index (Phi) is 3.26. The van der Waals surface area contributed by atoms with Gasteiger partial charge in [-0.2, -0.15) is 0 Å². The quantitative estimate of drug-likeness (QED) is 0.907. The average Bonchev–Trinajstić information content (AvgIpc) is 2.46. The summed E-state index contributed by atoms with van der Waals surface area (Å²) in [7, 11) is 0. The molecule has 0 bridgehead atoms. The number of aryl methyl sites for hydroxylation is 1. The number of benzene rings is 2. The smallest absolute Gasteiger partial charge is 0.335 e. The van der Waals surface area contributed by atoms with E-state index in [1.54, 1.807) is 18.2 Å². The predicted octanol–water partition coefficient (Wildman–Crippen LogP) is 3.91. The van der Waals surface area contributed by atoms with E-state index in [-0.39, 0.29) is 11.7 Å². The maximum absolute atomic E-state index is 11.2. The van der Waals surface area contributed by atoms with Gasteiger partial charge in [-0.1, -0.05) is 24.3 Å². The number of carboxylic acids is 1. The van der Waals surface area contributed by atoms with Gasteiger partial charge in [0.25, 0.3) is 0 Å². The average molecular weight is 280 g/mol. The van der Waals surface area contributed by atoms with E-state index in [0.717, 1.165) is 28.0 Å². The summed E-state index contributed by atoms with van der Waals surface area (Å²) in [5.41, 5.74) is 4.40. The van der Waals surface area contributed by atoms with Crippen LogP contribution in [0.2, 0.25) is 0 Å². The molecular weight excluding hydrogens is 264 g/mol. The molecule has 2 aromatic carbocycles. The molecule has 0 fully saturated rings. The van der Waals surface area contributed by atoms with Gasteiger partial charge in [-0.3, -0.25) is 0 Å². The second-order valence-electron chi connectivity index (χ2n) is 5.23. The molecule has 3 heteroatoms. The largest absolute Gasteiger partial charge is 0.486 e. The second kappa shape index (κ2) is 5.09. The zero-order chi connectivity index (χ0) is 15.0. The van der Waals surface area contributed by atoms with Crippen LogP contribution in [0.4, 0.5) is 0 Å². The Morgan fingerprint density at radius 1 is 1.14 bits per heavy atom. The van der Waals surface area contributed by atoms with Crippen molar-refractivity contribution in [2.45, 2.75) is 20.0 Å². The van der Waals surface area contributed by atoms with Gasteiger partial charge in [-0.25, -0.2) is 4.79 Å². The normalized spacial score (nSPS) is 16.7. The van der Waals surface area contributed by atoms with Crippen LogP contribution in [0, 0.1) is 6.92 Å². The number of aromatic carboxylic acids is 1. The van der Waals surface area contributed by atoms with Gasteiger partial charge in [0.05, 0.1) is 5.56 Å². The fourth-order valence-corrected chi connectivity index (χ4v) is 2.65. The maximum Gasteiger partial charge on any atom is 0.335 e. The lowest BCUT2D eigenvalue weighted by Gasteiger charge is -2.24. The molecule has 0 radical (unpaired) electrons. The fourth-order valence-electron chi connectivity index (χ4n) is 2.65. The van der Waals surface area contributed by atoms with Crippen molar-refractivity contribution in [1.82, 2.24) is 0 Å². The molecule has 0 saturated carbocycles. The molecule has 0 amide bonds. The van der Waals surface area contributed by atoms with E-state index in [0.29, 0.717) is 0 Å². The summed E-state index contributed by atoms with van der Waals surface area (Å²) >= 11 is 0. The Morgan fingerprint density at radius 3 is 2.62 bits per heavy atom. The molecule has 0 aliphatic carbocycles. The van der Waals surface area contributed by atoms with Crippen LogP contribution in [0.25, 0.3) is 5.57 Å². The standard InChI is InChI=1S/C18H16O3/c1-11-5-3-4-6-14(11)15-9-12(2)21-17-8-7-13(18(19)20)10-16(15)17/h3-10,12H,1-2H3,(H,19,20). The summed E-state index contributed by atoms with van der Waals surface area (Å²) in [5, 5.41) is 9.19. The van der Waals surface area contributed by atoms with E-state index < -0.39 is 5.97 Å². The summed E-state index contributed by atoms with van der Waals surface area (Å²) in [4.78, 5) is 11.2. The molecule has 1 heterocycles. The third-order valence-corrected chi connectivity index (χ3v) is 3.67. The Labute approximate surface area is 123 Å². The second-order valence-corrected chi connectivity index (χ2v) is 5.23. The molecule has 2 aromatic rings. The minimum Gasteiger partial charge on any atom is -0.486 e. The van der Waals surface area contributed by atoms with Crippen molar-refractivity contribution < 1.29 is 14.6 Å². The van der Waals surface area contributed by atoms with Crippen LogP contribution < -0.4 is 4.74 Å². The van der Waals surface area contributed by atoms with E-state index in [4.69, 9.17) is 4.74 Å². The molecule has 3 rings (SSSR count). The Hall–Kier alpha value is -2.55. The van der Waals surface area contributed by atoms with Crippen LogP contribution in [-0.2, 0) is 0 Å². The van der Waals surface area contributed by atoms with Crippen LogP contribution in [0.5, 0.6) is 5.75 Å². The molecule has 21 heavy (non-hydrogen) atoms. The lowest BCUT2D eigenvalue weighted by Crippen LogP contribution is -2.16. The van der Waals surface area contributed by atoms with Crippen LogP contribution in [-0.4, -0.2) is 17.2 Å². The monoisotopic (exact) mass is 280 g/mol. The van der Waals surface area contributed by atoms with E-state index in [1.807, 2.05) is 25.1 Å². The number of hydrogen-bond donors (Lipinski definition) is 1. The van der Waals surface area contributed by atoms with Gasteiger partial charge in [-0.15, -0.1) is 0 Å². The van der Waals surface area contributed by atoms with Crippen LogP contribution >= 0.6 is 0 Å². The van der Waals surface area contributed by atoms with Crippen molar-refractivity contribution in [2.24, 2.45) is 0 Å². The number of hydrogen-bond acceptors (Lipinski definition) is 2. The summed E-state index contributed by atoms with van der Waals surface area (Å²) in [6.45, 7) is 4.03. The molecule has 0 saturated heterocycles. The van der Waals surface area contributed by atoms with Crippen molar-refractivity contribution in [3.63, 3.8) is 0 Å². The van der Waals surface area contributed by atoms with Crippen LogP contribution in [0.15, 0.2) is 48.5 Å². The topological polar surface area (TPSA) is 46.5 Å². The van der Waals surface area contributed by atoms with Gasteiger partial charge >= 0.3 is 5.97 Å². The van der Waals surface area contributed by atoms with Crippen LogP contribution in [0.3, 0.4) is 0 Å². The van der Waals surface area contributed by atoms with Gasteiger partial charge in [0.2, 0.25) is 0 Å². The molecule has 0 aromatic heterocycles. The van der Waals surface area contributed by atoms with Crippen molar-refractivity contribution in [2.75, 3.05) is 0 Å². The molecule has 1 atom stereocenters. The van der Waals surface area contributed by atoms with Gasteiger partial charge in [0, 0.05) is 5.56 Å². The molecule has 1 N–H and O–H groups in total. The Balaban J connectivity index is 2.20. The minimum atomic E-state index is -0.930. The molecular formula is C18H16O3. The molecule has 1 unspecified atom stereocenters. The molecule has 106 valence electrons. The summed E-state index contributed by atoms with van der Waals surface area (Å²) < 4.78 is 5.79. The summed E-state index contributed by atoms with van der Waals surface area (Å²) in [6, 6.07) is 13.1. The van der Waals surface area contributed by atoms with Gasteiger partial charge in [-0.05, 0) is 54.8 Å².